The van der Waals surface area contributed by atoms with Crippen molar-refractivity contribution in [1.82, 2.24) is 0 Å². The molecule has 0 radical (unpaired) electrons. The van der Waals surface area contributed by atoms with Crippen molar-refractivity contribution in [1.29, 1.82) is 0 Å². The van der Waals surface area contributed by atoms with Crippen LogP contribution in [0.3, 0.4) is 0 Å². The van der Waals surface area contributed by atoms with Crippen LogP contribution in [0.2, 0.25) is 0 Å². The Labute approximate surface area is 71.4 Å². The summed E-state index contributed by atoms with van der Waals surface area (Å²) in [6.45, 7) is 0.157. The first-order valence-corrected chi connectivity index (χ1v) is 4.34. The molecule has 5 heteroatoms. The van der Waals surface area contributed by atoms with Gasteiger partial charge in [0.25, 0.3) is 0 Å². The molecule has 64 valence electrons. The van der Waals surface area contributed by atoms with Gasteiger partial charge in [-0.15, -0.1) is 0 Å². The first-order chi connectivity index (χ1) is 5.77. The fourth-order valence-electron chi connectivity index (χ4n) is 0.981. The Bertz CT molecular complexity index is 336. The molecule has 1 heterocycles. The van der Waals surface area contributed by atoms with Gasteiger partial charge in [0.1, 0.15) is 0 Å². The summed E-state index contributed by atoms with van der Waals surface area (Å²) in [4.78, 5) is 0.208. The largest absolute Gasteiger partial charge is 0.768 e. The van der Waals surface area contributed by atoms with Crippen LogP contribution in [0, 0.1) is 0 Å². The molecule has 1 aliphatic heterocycles. The van der Waals surface area contributed by atoms with Crippen molar-refractivity contribution < 1.29 is 18.2 Å². The zero-order valence-electron chi connectivity index (χ0n) is 5.98. The average Bonchev–Trinajstić information content (AvgIpc) is 2.49. The molecule has 1 aromatic carbocycles. The Balaban J connectivity index is 2.45. The van der Waals surface area contributed by atoms with E-state index in [2.05, 4.69) is 0 Å². The van der Waals surface area contributed by atoms with Crippen LogP contribution >= 0.6 is 0 Å². The molecule has 12 heavy (non-hydrogen) atoms. The normalized spacial score (nSPS) is 16.1. The highest BCUT2D eigenvalue weighted by Gasteiger charge is 2.12. The average molecular weight is 185 g/mol. The Hall–Kier alpha value is -1.07. The second-order valence-corrected chi connectivity index (χ2v) is 3.19. The zero-order chi connectivity index (χ0) is 8.55. The highest BCUT2D eigenvalue weighted by Crippen LogP contribution is 2.32. The summed E-state index contributed by atoms with van der Waals surface area (Å²) in [5.41, 5.74) is 0. The molecule has 0 N–H and O–H groups in total. The molecular formula is C7H5O4S-. The molecule has 0 fully saturated rings. The third kappa shape index (κ3) is 1.17. The van der Waals surface area contributed by atoms with Crippen molar-refractivity contribution in [3.63, 3.8) is 0 Å². The SMILES string of the molecule is O=S([O-])c1ccc2c(c1)OCO2. The van der Waals surface area contributed by atoms with E-state index >= 15 is 0 Å². The van der Waals surface area contributed by atoms with Crippen molar-refractivity contribution in [2.45, 2.75) is 4.90 Å². The number of fused-ring (bicyclic) bond motifs is 1. The van der Waals surface area contributed by atoms with Crippen molar-refractivity contribution in [2.75, 3.05) is 6.79 Å². The Morgan fingerprint density at radius 2 is 2.08 bits per heavy atom. The maximum Gasteiger partial charge on any atom is 0.231 e. The lowest BCUT2D eigenvalue weighted by Crippen LogP contribution is -1.93. The number of benzene rings is 1. The summed E-state index contributed by atoms with van der Waals surface area (Å²) in [6, 6.07) is 4.48. The van der Waals surface area contributed by atoms with Crippen molar-refractivity contribution >= 4 is 11.1 Å². The summed E-state index contributed by atoms with van der Waals surface area (Å²) in [7, 11) is 0. The van der Waals surface area contributed by atoms with Gasteiger partial charge in [0.2, 0.25) is 6.79 Å². The molecule has 1 aliphatic rings. The van der Waals surface area contributed by atoms with Gasteiger partial charge in [-0.3, -0.25) is 4.21 Å². The molecule has 2 rings (SSSR count). The second-order valence-electron chi connectivity index (χ2n) is 2.25. The van der Waals surface area contributed by atoms with Crippen LogP contribution in [0.5, 0.6) is 11.5 Å². The smallest absolute Gasteiger partial charge is 0.231 e. The van der Waals surface area contributed by atoms with Crippen LogP contribution in [-0.2, 0) is 11.1 Å². The third-order valence-corrected chi connectivity index (χ3v) is 2.18. The van der Waals surface area contributed by atoms with Gasteiger partial charge in [0.05, 0.1) is 0 Å². The number of hydrogen-bond donors (Lipinski definition) is 0. The summed E-state index contributed by atoms with van der Waals surface area (Å²) >= 11 is -2.21. The van der Waals surface area contributed by atoms with E-state index in [1.165, 1.54) is 12.1 Å². The number of ether oxygens (including phenoxy) is 2. The fourth-order valence-corrected chi connectivity index (χ4v) is 1.36. The van der Waals surface area contributed by atoms with Crippen LogP contribution in [0.15, 0.2) is 23.1 Å². The first-order valence-electron chi connectivity index (χ1n) is 3.26. The topological polar surface area (TPSA) is 58.6 Å². The number of hydrogen-bond acceptors (Lipinski definition) is 4. The zero-order valence-corrected chi connectivity index (χ0v) is 6.80. The number of rotatable bonds is 1. The van der Waals surface area contributed by atoms with Gasteiger partial charge in [-0.25, -0.2) is 0 Å². The second kappa shape index (κ2) is 2.76. The lowest BCUT2D eigenvalue weighted by Gasteiger charge is -2.04. The fraction of sp³-hybridized carbons (Fsp3) is 0.143. The molecule has 0 saturated carbocycles. The minimum Gasteiger partial charge on any atom is -0.768 e. The van der Waals surface area contributed by atoms with Gasteiger partial charge in [0, 0.05) is 4.90 Å². The summed E-state index contributed by atoms with van der Waals surface area (Å²) in [5, 5.41) is 0. The van der Waals surface area contributed by atoms with Gasteiger partial charge in [-0.2, -0.15) is 0 Å². The predicted octanol–water partition coefficient (Wildman–Crippen LogP) is 0.653. The van der Waals surface area contributed by atoms with Crippen LogP contribution in [0.1, 0.15) is 0 Å². The van der Waals surface area contributed by atoms with Gasteiger partial charge in [-0.1, -0.05) is 0 Å². The summed E-state index contributed by atoms with van der Waals surface area (Å²) in [5.74, 6) is 1.07. The van der Waals surface area contributed by atoms with Gasteiger partial charge in [-0.05, 0) is 29.3 Å². The molecule has 0 bridgehead atoms. The minimum absolute atomic E-state index is 0.157. The standard InChI is InChI=1S/C7H6O4S/c8-12(9)5-1-2-6-7(3-5)11-4-10-6/h1-3H,4H2,(H,8,9)/p-1. The molecule has 0 aliphatic carbocycles. The lowest BCUT2D eigenvalue weighted by atomic mass is 10.3. The van der Waals surface area contributed by atoms with Gasteiger partial charge < -0.3 is 14.0 Å². The molecule has 0 aromatic heterocycles. The minimum atomic E-state index is -2.21. The molecule has 1 unspecified atom stereocenters. The third-order valence-electron chi connectivity index (χ3n) is 1.54. The molecule has 0 amide bonds. The van der Waals surface area contributed by atoms with Gasteiger partial charge >= 0.3 is 0 Å². The van der Waals surface area contributed by atoms with E-state index in [0.29, 0.717) is 11.5 Å². The van der Waals surface area contributed by atoms with E-state index in [1.54, 1.807) is 6.07 Å². The van der Waals surface area contributed by atoms with Crippen LogP contribution in [-0.4, -0.2) is 15.6 Å². The van der Waals surface area contributed by atoms with E-state index in [0.717, 1.165) is 0 Å². The van der Waals surface area contributed by atoms with Crippen molar-refractivity contribution in [3.8, 4) is 11.5 Å². The Morgan fingerprint density at radius 1 is 1.33 bits per heavy atom. The Kier molecular flexibility index (Phi) is 1.74. The van der Waals surface area contributed by atoms with E-state index in [4.69, 9.17) is 9.47 Å². The molecule has 0 saturated heterocycles. The van der Waals surface area contributed by atoms with Crippen LogP contribution in [0.25, 0.3) is 0 Å². The monoisotopic (exact) mass is 185 g/mol. The summed E-state index contributed by atoms with van der Waals surface area (Å²) < 4.78 is 31.0. The van der Waals surface area contributed by atoms with E-state index < -0.39 is 11.1 Å². The van der Waals surface area contributed by atoms with Crippen molar-refractivity contribution in [3.05, 3.63) is 18.2 Å². The van der Waals surface area contributed by atoms with Crippen LogP contribution < -0.4 is 9.47 Å². The van der Waals surface area contributed by atoms with Gasteiger partial charge in [0.15, 0.2) is 11.5 Å². The Morgan fingerprint density at radius 3 is 2.83 bits per heavy atom. The molecule has 1 atom stereocenters. The van der Waals surface area contributed by atoms with E-state index in [-0.39, 0.29) is 11.7 Å². The quantitative estimate of drug-likeness (QED) is 0.603. The predicted molar refractivity (Wildman–Crippen MR) is 39.8 cm³/mol. The molecule has 1 aromatic rings. The molecular weight excluding hydrogens is 180 g/mol. The van der Waals surface area contributed by atoms with Crippen molar-refractivity contribution in [2.24, 2.45) is 0 Å². The first kappa shape index (κ1) is 7.57. The lowest BCUT2D eigenvalue weighted by molar-refractivity contribution is 0.174. The van der Waals surface area contributed by atoms with E-state index in [1.807, 2.05) is 0 Å². The molecule has 0 spiro atoms. The maximum atomic E-state index is 10.5. The highest BCUT2D eigenvalue weighted by atomic mass is 32.2. The molecule has 4 nitrogen and oxygen atoms in total. The summed E-state index contributed by atoms with van der Waals surface area (Å²) in [6.07, 6.45) is 0. The highest BCUT2D eigenvalue weighted by molar-refractivity contribution is 7.79. The van der Waals surface area contributed by atoms with E-state index in [9.17, 15) is 8.76 Å². The van der Waals surface area contributed by atoms with Crippen LogP contribution in [0.4, 0.5) is 0 Å². The maximum absolute atomic E-state index is 10.5.